The maximum absolute atomic E-state index is 15.4. The summed E-state index contributed by atoms with van der Waals surface area (Å²) in [6.45, 7) is 4.92. The first-order valence-corrected chi connectivity index (χ1v) is 12.5. The molecule has 13 heteroatoms. The fourth-order valence-electron chi connectivity index (χ4n) is 3.78. The van der Waals surface area contributed by atoms with Crippen molar-refractivity contribution in [1.82, 2.24) is 15.3 Å². The van der Waals surface area contributed by atoms with Crippen molar-refractivity contribution < 1.29 is 31.5 Å². The van der Waals surface area contributed by atoms with Gasteiger partial charge in [0.15, 0.2) is 0 Å². The Hall–Kier alpha value is -4.32. The number of amides is 2. The monoisotopic (exact) mass is 591 g/mol. The molecule has 2 amide bonds. The molecule has 0 atom stereocenters. The first-order valence-electron chi connectivity index (χ1n) is 12.1. The minimum atomic E-state index is -4.69. The average molecular weight is 592 g/mol. The molecular formula is C28H23ClF5N5O2. The Morgan fingerprint density at radius 3 is 2.37 bits per heavy atom. The van der Waals surface area contributed by atoms with Gasteiger partial charge in [0, 0.05) is 22.9 Å². The number of anilines is 3. The summed E-state index contributed by atoms with van der Waals surface area (Å²) in [5.74, 6) is -3.15. The van der Waals surface area contributed by atoms with Gasteiger partial charge in [0.25, 0.3) is 5.91 Å². The third-order valence-electron chi connectivity index (χ3n) is 5.98. The van der Waals surface area contributed by atoms with E-state index in [1.54, 1.807) is 20.8 Å². The summed E-state index contributed by atoms with van der Waals surface area (Å²) in [5, 5.41) is 7.75. The smallest absolute Gasteiger partial charge is 0.351 e. The zero-order valence-corrected chi connectivity index (χ0v) is 22.6. The molecule has 0 aliphatic carbocycles. The minimum absolute atomic E-state index is 0.0343. The van der Waals surface area contributed by atoms with E-state index in [9.17, 15) is 27.2 Å². The van der Waals surface area contributed by atoms with Crippen molar-refractivity contribution in [3.8, 4) is 0 Å². The highest BCUT2D eigenvalue weighted by Gasteiger charge is 2.31. The van der Waals surface area contributed by atoms with Gasteiger partial charge in [-0.2, -0.15) is 13.2 Å². The number of rotatable bonds is 6. The number of fused-ring (bicyclic) bond motifs is 1. The van der Waals surface area contributed by atoms with E-state index in [0.717, 1.165) is 6.33 Å². The maximum atomic E-state index is 15.4. The molecular weight excluding hydrogens is 569 g/mol. The van der Waals surface area contributed by atoms with E-state index in [4.69, 9.17) is 11.6 Å². The first kappa shape index (κ1) is 29.7. The lowest BCUT2D eigenvalue weighted by molar-refractivity contribution is -0.137. The Morgan fingerprint density at radius 2 is 1.68 bits per heavy atom. The Bertz CT molecular complexity index is 1650. The predicted molar refractivity (Wildman–Crippen MR) is 145 cm³/mol. The zero-order valence-electron chi connectivity index (χ0n) is 21.9. The van der Waals surface area contributed by atoms with Gasteiger partial charge in [0.1, 0.15) is 23.8 Å². The molecule has 3 N–H and O–H groups in total. The topological polar surface area (TPSA) is 96.0 Å². The molecule has 7 nitrogen and oxygen atoms in total. The number of nitrogens with zero attached hydrogens (tertiary/aromatic N) is 2. The van der Waals surface area contributed by atoms with Crippen LogP contribution in [0.4, 0.5) is 39.1 Å². The van der Waals surface area contributed by atoms with E-state index in [1.807, 2.05) is 0 Å². The van der Waals surface area contributed by atoms with Crippen LogP contribution in [0.3, 0.4) is 0 Å². The van der Waals surface area contributed by atoms with Crippen LogP contribution in [0.1, 0.15) is 42.3 Å². The highest BCUT2D eigenvalue weighted by Crippen LogP contribution is 2.34. The molecule has 0 spiro atoms. The van der Waals surface area contributed by atoms with Gasteiger partial charge in [-0.15, -0.1) is 0 Å². The number of halogens is 6. The van der Waals surface area contributed by atoms with Crippen molar-refractivity contribution in [2.75, 3.05) is 10.6 Å². The summed E-state index contributed by atoms with van der Waals surface area (Å²) in [6.07, 6.45) is -3.63. The van der Waals surface area contributed by atoms with Gasteiger partial charge in [-0.1, -0.05) is 44.5 Å². The second kappa shape index (κ2) is 11.3. The fourth-order valence-corrected chi connectivity index (χ4v) is 4.01. The predicted octanol–water partition coefficient (Wildman–Crippen LogP) is 7.24. The number of carbonyl (C=O) groups excluding carboxylic acids is 2. The summed E-state index contributed by atoms with van der Waals surface area (Å²) < 4.78 is 69.1. The van der Waals surface area contributed by atoms with Crippen LogP contribution in [-0.4, -0.2) is 21.8 Å². The lowest BCUT2D eigenvalue weighted by Gasteiger charge is -2.18. The average Bonchev–Trinajstić information content (AvgIpc) is 2.88. The van der Waals surface area contributed by atoms with Crippen molar-refractivity contribution in [2.24, 2.45) is 5.41 Å². The highest BCUT2D eigenvalue weighted by molar-refractivity contribution is 6.34. The first-order chi connectivity index (χ1) is 19.2. The molecule has 0 aliphatic heterocycles. The lowest BCUT2D eigenvalue weighted by Crippen LogP contribution is -2.34. The molecule has 214 valence electrons. The van der Waals surface area contributed by atoms with E-state index in [1.165, 1.54) is 30.3 Å². The molecule has 0 fully saturated rings. The molecule has 4 aromatic rings. The summed E-state index contributed by atoms with van der Waals surface area (Å²) in [7, 11) is 0. The Kier molecular flexibility index (Phi) is 8.16. The van der Waals surface area contributed by atoms with Gasteiger partial charge < -0.3 is 16.0 Å². The normalized spacial score (nSPS) is 11.8. The van der Waals surface area contributed by atoms with Crippen LogP contribution in [0.5, 0.6) is 0 Å². The van der Waals surface area contributed by atoms with Crippen LogP contribution >= 0.6 is 11.6 Å². The number of hydrogen-bond donors (Lipinski definition) is 3. The van der Waals surface area contributed by atoms with Crippen molar-refractivity contribution >= 4 is 51.5 Å². The number of alkyl halides is 3. The number of benzene rings is 3. The summed E-state index contributed by atoms with van der Waals surface area (Å²) in [4.78, 5) is 33.5. The number of hydrogen-bond acceptors (Lipinski definition) is 5. The molecule has 1 heterocycles. The lowest BCUT2D eigenvalue weighted by atomic mass is 9.95. The van der Waals surface area contributed by atoms with E-state index in [0.29, 0.717) is 18.2 Å². The molecule has 0 bridgehead atoms. The van der Waals surface area contributed by atoms with Crippen molar-refractivity contribution in [3.63, 3.8) is 0 Å². The number of carbonyl (C=O) groups is 2. The van der Waals surface area contributed by atoms with Gasteiger partial charge in [-0.25, -0.2) is 18.7 Å². The van der Waals surface area contributed by atoms with Crippen molar-refractivity contribution in [1.29, 1.82) is 0 Å². The van der Waals surface area contributed by atoms with Crippen LogP contribution in [0.25, 0.3) is 10.9 Å². The standard InChI is InChI=1S/C28H23ClF5N5O2/c1-27(2,3)26(41)35-12-14-7-9-17(29)21(22(14)31)25(40)39-19-6-4-5-16-23(19)36-13-37-24(16)38-20-11-15(28(32,33)34)8-10-18(20)30/h4-11,13H,12H2,1-3H3,(H,35,41)(H,39,40)(H,36,37,38). The molecule has 0 saturated carbocycles. The van der Waals surface area contributed by atoms with Gasteiger partial charge in [-0.3, -0.25) is 9.59 Å². The third-order valence-corrected chi connectivity index (χ3v) is 6.29. The number of para-hydroxylation sites is 1. The van der Waals surface area contributed by atoms with Gasteiger partial charge in [-0.05, 0) is 36.4 Å². The minimum Gasteiger partial charge on any atom is -0.351 e. The van der Waals surface area contributed by atoms with Gasteiger partial charge in [0.05, 0.1) is 33.0 Å². The molecule has 0 radical (unpaired) electrons. The molecule has 1 aromatic heterocycles. The number of nitrogens with one attached hydrogen (secondary N) is 3. The molecule has 0 unspecified atom stereocenters. The van der Waals surface area contributed by atoms with Crippen LogP contribution in [0.2, 0.25) is 5.02 Å². The van der Waals surface area contributed by atoms with Crippen LogP contribution < -0.4 is 16.0 Å². The van der Waals surface area contributed by atoms with Gasteiger partial charge >= 0.3 is 6.18 Å². The van der Waals surface area contributed by atoms with E-state index in [-0.39, 0.29) is 45.4 Å². The largest absolute Gasteiger partial charge is 0.416 e. The maximum Gasteiger partial charge on any atom is 0.416 e. The van der Waals surface area contributed by atoms with Crippen molar-refractivity contribution in [3.05, 3.63) is 88.2 Å². The molecule has 0 aliphatic rings. The highest BCUT2D eigenvalue weighted by atomic mass is 35.5. The van der Waals surface area contributed by atoms with Crippen LogP contribution in [0, 0.1) is 17.0 Å². The second-order valence-corrected chi connectivity index (χ2v) is 10.4. The van der Waals surface area contributed by atoms with Gasteiger partial charge in [0.2, 0.25) is 5.91 Å². The van der Waals surface area contributed by atoms with Crippen LogP contribution in [-0.2, 0) is 17.5 Å². The van der Waals surface area contributed by atoms with Crippen LogP contribution in [0.15, 0.2) is 54.9 Å². The summed E-state index contributed by atoms with van der Waals surface area (Å²) in [5.41, 5.74) is -2.44. The fraction of sp³-hybridized carbons (Fsp3) is 0.214. The Morgan fingerprint density at radius 1 is 0.951 bits per heavy atom. The zero-order chi connectivity index (χ0) is 30.1. The van der Waals surface area contributed by atoms with Crippen molar-refractivity contribution in [2.45, 2.75) is 33.5 Å². The third kappa shape index (κ3) is 6.54. The Labute approximate surface area is 236 Å². The van der Waals surface area contributed by atoms with E-state index < -0.39 is 45.9 Å². The second-order valence-electron chi connectivity index (χ2n) is 10.0. The van der Waals surface area contributed by atoms with E-state index in [2.05, 4.69) is 25.9 Å². The van der Waals surface area contributed by atoms with E-state index >= 15 is 4.39 Å². The Balaban J connectivity index is 1.64. The molecule has 3 aromatic carbocycles. The molecule has 41 heavy (non-hydrogen) atoms. The molecule has 0 saturated heterocycles. The quantitative estimate of drug-likeness (QED) is 0.205. The number of aromatic nitrogens is 2. The SMILES string of the molecule is CC(C)(C)C(=O)NCc1ccc(Cl)c(C(=O)Nc2cccc3c(Nc4cc(C(F)(F)F)ccc4F)ncnc23)c1F. The summed E-state index contributed by atoms with van der Waals surface area (Å²) >= 11 is 6.15. The summed E-state index contributed by atoms with van der Waals surface area (Å²) in [6, 6.07) is 9.04. The molecule has 4 rings (SSSR count).